The molecule has 0 fully saturated rings. The number of allylic oxidation sites excluding steroid dienone is 7. The van der Waals surface area contributed by atoms with Gasteiger partial charge in [-0.05, 0) is 72.6 Å². The van der Waals surface area contributed by atoms with Crippen molar-refractivity contribution in [3.8, 4) is 0 Å². The van der Waals surface area contributed by atoms with Crippen LogP contribution in [-0.2, 0) is 0 Å². The molecule has 176 valence electrons. The minimum Gasteiger partial charge on any atom is -0.359 e. The number of benzene rings is 2. The molecular formula is C32H43N. The lowest BCUT2D eigenvalue weighted by Crippen LogP contribution is -2.08. The van der Waals surface area contributed by atoms with Crippen LogP contribution < -0.4 is 5.32 Å². The lowest BCUT2D eigenvalue weighted by molar-refractivity contribution is 0.420. The van der Waals surface area contributed by atoms with Gasteiger partial charge in [0.25, 0.3) is 0 Å². The monoisotopic (exact) mass is 441 g/mol. The average molecular weight is 442 g/mol. The van der Waals surface area contributed by atoms with Crippen molar-refractivity contribution in [1.82, 2.24) is 5.32 Å². The molecule has 1 N–H and O–H groups in total. The molecular weight excluding hydrogens is 398 g/mol. The number of nitrogens with one attached hydrogen (secondary N) is 1. The molecule has 1 heteroatoms. The summed E-state index contributed by atoms with van der Waals surface area (Å²) in [7, 11) is 0. The molecule has 0 saturated heterocycles. The minimum absolute atomic E-state index is 0.225. The Hall–Kier alpha value is -3.06. The van der Waals surface area contributed by atoms with Crippen molar-refractivity contribution in [1.29, 1.82) is 0 Å². The van der Waals surface area contributed by atoms with Gasteiger partial charge in [0.15, 0.2) is 0 Å². The van der Waals surface area contributed by atoms with Gasteiger partial charge in [-0.1, -0.05) is 114 Å². The Labute approximate surface area is 203 Å². The number of hydrogen-bond donors (Lipinski definition) is 1. The molecule has 1 nitrogen and oxygen atoms in total. The maximum atomic E-state index is 4.39. The van der Waals surface area contributed by atoms with Crippen molar-refractivity contribution in [3.63, 3.8) is 0 Å². The van der Waals surface area contributed by atoms with Gasteiger partial charge >= 0.3 is 0 Å². The van der Waals surface area contributed by atoms with Crippen molar-refractivity contribution in [2.45, 2.75) is 61.8 Å². The van der Waals surface area contributed by atoms with Crippen molar-refractivity contribution in [2.24, 2.45) is 5.41 Å². The van der Waals surface area contributed by atoms with Crippen molar-refractivity contribution in [2.75, 3.05) is 0 Å². The van der Waals surface area contributed by atoms with E-state index < -0.39 is 0 Å². The van der Waals surface area contributed by atoms with Gasteiger partial charge in [-0.15, -0.1) is 0 Å². The second-order valence-electron chi connectivity index (χ2n) is 9.46. The highest BCUT2D eigenvalue weighted by Gasteiger charge is 2.10. The summed E-state index contributed by atoms with van der Waals surface area (Å²) in [6.45, 7) is 25.7. The highest BCUT2D eigenvalue weighted by Crippen LogP contribution is 2.27. The third kappa shape index (κ3) is 10.4. The summed E-state index contributed by atoms with van der Waals surface area (Å²) in [6.07, 6.45) is 7.68. The van der Waals surface area contributed by atoms with Crippen LogP contribution in [0.25, 0.3) is 11.3 Å². The van der Waals surface area contributed by atoms with E-state index in [-0.39, 0.29) is 5.41 Å². The predicted molar refractivity (Wildman–Crippen MR) is 150 cm³/mol. The number of aryl methyl sites for hydroxylation is 1. The van der Waals surface area contributed by atoms with E-state index in [0.29, 0.717) is 0 Å². The molecule has 0 aliphatic rings. The van der Waals surface area contributed by atoms with Gasteiger partial charge in [0.2, 0.25) is 0 Å². The second-order valence-corrected chi connectivity index (χ2v) is 9.46. The summed E-state index contributed by atoms with van der Waals surface area (Å²) in [4.78, 5) is 0. The minimum atomic E-state index is 0.225. The fourth-order valence-corrected chi connectivity index (χ4v) is 3.30. The summed E-state index contributed by atoms with van der Waals surface area (Å²) in [5.41, 5.74) is 9.06. The highest BCUT2D eigenvalue weighted by atomic mass is 14.9. The molecule has 0 bridgehead atoms. The van der Waals surface area contributed by atoms with Gasteiger partial charge in [-0.2, -0.15) is 0 Å². The Morgan fingerprint density at radius 1 is 0.879 bits per heavy atom. The third-order valence-corrected chi connectivity index (χ3v) is 4.95. The van der Waals surface area contributed by atoms with Crippen molar-refractivity contribution < 1.29 is 0 Å². The second kappa shape index (κ2) is 13.5. The molecule has 33 heavy (non-hydrogen) atoms. The maximum absolute atomic E-state index is 4.39. The molecule has 0 aliphatic heterocycles. The Balaban J connectivity index is 0.00000265. The van der Waals surface area contributed by atoms with Gasteiger partial charge in [0.05, 0.1) is 0 Å². The lowest BCUT2D eigenvalue weighted by Gasteiger charge is -2.17. The van der Waals surface area contributed by atoms with E-state index >= 15 is 0 Å². The van der Waals surface area contributed by atoms with Crippen molar-refractivity contribution >= 4 is 11.3 Å². The molecule has 2 aromatic carbocycles. The molecule has 0 atom stereocenters. The Morgan fingerprint density at radius 3 is 2.06 bits per heavy atom. The van der Waals surface area contributed by atoms with Crippen LogP contribution in [0, 0.1) is 12.3 Å². The fourth-order valence-electron chi connectivity index (χ4n) is 3.30. The SMILES string of the molecule is C=C(N/C(C)=C/C(C)=C/C(=C\CC(C)(C)C)C(=C)c1ccccc1)c1cccc(C)c1.CC. The largest absolute Gasteiger partial charge is 0.359 e. The molecule has 0 spiro atoms. The first-order valence-electron chi connectivity index (χ1n) is 11.9. The standard InChI is InChI=1S/C30H37N.C2H6/c1-22-13-12-16-29(20-22)26(5)31-24(3)19-23(2)21-28(17-18-30(6,7)8)25(4)27-14-10-9-11-15-27;1-2/h9-17,19-21,31H,4-5,18H2,1-3,6-8H3;1-2H3/b23-21+,24-19+,28-17+;. The van der Waals surface area contributed by atoms with Gasteiger partial charge in [-0.3, -0.25) is 0 Å². The van der Waals surface area contributed by atoms with Crippen LogP contribution >= 0.6 is 0 Å². The quantitative estimate of drug-likeness (QED) is 0.402. The lowest BCUT2D eigenvalue weighted by atomic mass is 9.88. The first-order chi connectivity index (χ1) is 15.5. The zero-order valence-corrected chi connectivity index (χ0v) is 22.0. The molecule has 0 aromatic heterocycles. The topological polar surface area (TPSA) is 12.0 Å². The van der Waals surface area contributed by atoms with E-state index in [0.717, 1.165) is 34.5 Å². The van der Waals surface area contributed by atoms with E-state index in [9.17, 15) is 0 Å². The van der Waals surface area contributed by atoms with Crippen molar-refractivity contribution in [3.05, 3.63) is 120 Å². The molecule has 0 amide bonds. The Kier molecular flexibility index (Phi) is 11.4. The predicted octanol–water partition coefficient (Wildman–Crippen LogP) is 9.51. The van der Waals surface area contributed by atoms with E-state index in [1.807, 2.05) is 19.9 Å². The summed E-state index contributed by atoms with van der Waals surface area (Å²) >= 11 is 0. The van der Waals surface area contributed by atoms with Gasteiger partial charge in [-0.25, -0.2) is 0 Å². The summed E-state index contributed by atoms with van der Waals surface area (Å²) < 4.78 is 0. The van der Waals surface area contributed by atoms with E-state index in [1.54, 1.807) is 0 Å². The van der Waals surface area contributed by atoms with Crippen LogP contribution in [-0.4, -0.2) is 0 Å². The first kappa shape index (κ1) is 28.0. The number of hydrogen-bond acceptors (Lipinski definition) is 1. The van der Waals surface area contributed by atoms with Gasteiger partial charge in [0.1, 0.15) is 0 Å². The number of rotatable bonds is 8. The molecule has 2 rings (SSSR count). The normalized spacial score (nSPS) is 12.5. The zero-order valence-electron chi connectivity index (χ0n) is 22.0. The third-order valence-electron chi connectivity index (χ3n) is 4.95. The van der Waals surface area contributed by atoms with E-state index in [2.05, 4.69) is 127 Å². The molecule has 2 aromatic rings. The first-order valence-corrected chi connectivity index (χ1v) is 11.9. The average Bonchev–Trinajstić information content (AvgIpc) is 2.77. The van der Waals surface area contributed by atoms with Gasteiger partial charge < -0.3 is 5.32 Å². The smallest absolute Gasteiger partial charge is 0.0382 e. The maximum Gasteiger partial charge on any atom is 0.0382 e. The Bertz CT molecular complexity index is 1010. The molecule has 0 unspecified atom stereocenters. The van der Waals surface area contributed by atoms with Gasteiger partial charge in [0, 0.05) is 11.4 Å². The van der Waals surface area contributed by atoms with E-state index in [1.165, 1.54) is 16.7 Å². The van der Waals surface area contributed by atoms with Crippen LogP contribution in [0.2, 0.25) is 0 Å². The summed E-state index contributed by atoms with van der Waals surface area (Å²) in [6, 6.07) is 18.8. The van der Waals surface area contributed by atoms with E-state index in [4.69, 9.17) is 0 Å². The molecule has 0 aliphatic carbocycles. The summed E-state index contributed by atoms with van der Waals surface area (Å²) in [5, 5.41) is 3.43. The van der Waals surface area contributed by atoms with Crippen LogP contribution in [0.5, 0.6) is 0 Å². The Morgan fingerprint density at radius 2 is 1.48 bits per heavy atom. The van der Waals surface area contributed by atoms with Crippen LogP contribution in [0.1, 0.15) is 71.6 Å². The summed E-state index contributed by atoms with van der Waals surface area (Å²) in [5.74, 6) is 0. The zero-order chi connectivity index (χ0) is 25.0. The molecule has 0 heterocycles. The van der Waals surface area contributed by atoms with Crippen LogP contribution in [0.15, 0.2) is 103 Å². The highest BCUT2D eigenvalue weighted by molar-refractivity contribution is 5.80. The molecule has 0 radical (unpaired) electrons. The fraction of sp³-hybridized carbons (Fsp3) is 0.312. The molecule has 0 saturated carbocycles. The van der Waals surface area contributed by atoms with Crippen LogP contribution in [0.4, 0.5) is 0 Å². The van der Waals surface area contributed by atoms with Crippen LogP contribution in [0.3, 0.4) is 0 Å².